The second kappa shape index (κ2) is 11.6. The van der Waals surface area contributed by atoms with Crippen molar-refractivity contribution >= 4 is 29.9 Å². The maximum Gasteiger partial charge on any atom is 0.190 e. The van der Waals surface area contributed by atoms with E-state index in [1.165, 1.54) is 38.8 Å². The summed E-state index contributed by atoms with van der Waals surface area (Å²) < 4.78 is 0. The number of guanidine groups is 1. The zero-order chi connectivity index (χ0) is 14.1. The molecule has 20 heavy (non-hydrogen) atoms. The number of rotatable bonds is 6. The zero-order valence-corrected chi connectivity index (χ0v) is 15.9. The van der Waals surface area contributed by atoms with E-state index < -0.39 is 0 Å². The highest BCUT2D eigenvalue weighted by Crippen LogP contribution is 2.14. The Kier molecular flexibility index (Phi) is 11.6. The molecule has 0 amide bonds. The highest BCUT2D eigenvalue weighted by atomic mass is 127. The average molecular weight is 396 g/mol. The van der Waals surface area contributed by atoms with Crippen LogP contribution in [-0.4, -0.2) is 51.1 Å². The lowest BCUT2D eigenvalue weighted by atomic mass is 9.97. The molecule has 1 aliphatic rings. The van der Waals surface area contributed by atoms with E-state index in [1.807, 2.05) is 7.05 Å². The highest BCUT2D eigenvalue weighted by molar-refractivity contribution is 14.0. The molecule has 0 spiro atoms. The van der Waals surface area contributed by atoms with Gasteiger partial charge in [0.1, 0.15) is 0 Å². The van der Waals surface area contributed by atoms with E-state index in [0.717, 1.165) is 30.9 Å². The van der Waals surface area contributed by atoms with Gasteiger partial charge < -0.3 is 15.5 Å². The summed E-state index contributed by atoms with van der Waals surface area (Å²) in [7, 11) is 4.06. The summed E-state index contributed by atoms with van der Waals surface area (Å²) in [6.07, 6.45) is 5.09. The fourth-order valence-corrected chi connectivity index (χ4v) is 2.44. The minimum Gasteiger partial charge on any atom is -0.356 e. The standard InChI is InChI=1S/C15H32N4.HI/c1-13(2)6-5-9-17-15(16-3)18-12-14-7-10-19(4)11-8-14;/h13-14H,5-12H2,1-4H3,(H2,16,17,18);1H. The van der Waals surface area contributed by atoms with Crippen molar-refractivity contribution in [2.75, 3.05) is 40.3 Å². The number of piperidine rings is 1. The molecule has 0 aromatic rings. The number of halogens is 1. The minimum absolute atomic E-state index is 0. The Bertz CT molecular complexity index is 261. The molecule has 0 aromatic carbocycles. The largest absolute Gasteiger partial charge is 0.356 e. The van der Waals surface area contributed by atoms with E-state index in [-0.39, 0.29) is 24.0 Å². The Morgan fingerprint density at radius 1 is 1.25 bits per heavy atom. The van der Waals surface area contributed by atoms with Crippen LogP contribution in [-0.2, 0) is 0 Å². The van der Waals surface area contributed by atoms with E-state index in [1.54, 1.807) is 0 Å². The van der Waals surface area contributed by atoms with Crippen molar-refractivity contribution in [2.24, 2.45) is 16.8 Å². The van der Waals surface area contributed by atoms with Gasteiger partial charge >= 0.3 is 0 Å². The van der Waals surface area contributed by atoms with Crippen molar-refractivity contribution in [1.82, 2.24) is 15.5 Å². The molecule has 0 aliphatic carbocycles. The molecule has 1 heterocycles. The molecular formula is C15H33IN4. The fraction of sp³-hybridized carbons (Fsp3) is 0.933. The summed E-state index contributed by atoms with van der Waals surface area (Å²) in [6.45, 7) is 9.07. The summed E-state index contributed by atoms with van der Waals surface area (Å²) in [5.74, 6) is 2.55. The molecule has 0 unspecified atom stereocenters. The van der Waals surface area contributed by atoms with Crippen molar-refractivity contribution in [3.8, 4) is 0 Å². The summed E-state index contributed by atoms with van der Waals surface area (Å²) in [4.78, 5) is 6.70. The van der Waals surface area contributed by atoms with Crippen molar-refractivity contribution in [3.05, 3.63) is 0 Å². The first-order chi connectivity index (χ1) is 9.11. The fourth-order valence-electron chi connectivity index (χ4n) is 2.44. The van der Waals surface area contributed by atoms with Gasteiger partial charge in [-0.1, -0.05) is 13.8 Å². The quantitative estimate of drug-likeness (QED) is 0.314. The molecule has 120 valence electrons. The Morgan fingerprint density at radius 3 is 2.45 bits per heavy atom. The van der Waals surface area contributed by atoms with E-state index in [4.69, 9.17) is 0 Å². The first-order valence-electron chi connectivity index (χ1n) is 7.75. The van der Waals surface area contributed by atoms with E-state index in [9.17, 15) is 0 Å². The molecule has 5 heteroatoms. The number of aliphatic imine (C=N–C) groups is 1. The lowest BCUT2D eigenvalue weighted by molar-refractivity contribution is 0.220. The molecule has 1 aliphatic heterocycles. The summed E-state index contributed by atoms with van der Waals surface area (Å²) >= 11 is 0. The second-order valence-corrected chi connectivity index (χ2v) is 6.16. The van der Waals surface area contributed by atoms with Crippen molar-refractivity contribution in [3.63, 3.8) is 0 Å². The molecule has 0 radical (unpaired) electrons. The van der Waals surface area contributed by atoms with Gasteiger partial charge in [-0.05, 0) is 57.7 Å². The van der Waals surface area contributed by atoms with E-state index in [2.05, 4.69) is 41.4 Å². The SMILES string of the molecule is CN=C(NCCCC(C)C)NCC1CCN(C)CC1.I. The van der Waals surface area contributed by atoms with Gasteiger partial charge in [0.25, 0.3) is 0 Å². The molecule has 0 saturated carbocycles. The van der Waals surface area contributed by atoms with Crippen LogP contribution in [0.1, 0.15) is 39.5 Å². The van der Waals surface area contributed by atoms with Gasteiger partial charge in [0.05, 0.1) is 0 Å². The number of nitrogens with zero attached hydrogens (tertiary/aromatic N) is 2. The van der Waals surface area contributed by atoms with Gasteiger partial charge in [-0.2, -0.15) is 0 Å². The smallest absolute Gasteiger partial charge is 0.190 e. The Balaban J connectivity index is 0.00000361. The predicted molar refractivity (Wildman–Crippen MR) is 99.1 cm³/mol. The van der Waals surface area contributed by atoms with Crippen LogP contribution in [0.15, 0.2) is 4.99 Å². The van der Waals surface area contributed by atoms with E-state index in [0.29, 0.717) is 0 Å². The van der Waals surface area contributed by atoms with Crippen LogP contribution in [0.3, 0.4) is 0 Å². The lowest BCUT2D eigenvalue weighted by Crippen LogP contribution is -2.42. The maximum absolute atomic E-state index is 4.29. The maximum atomic E-state index is 4.29. The monoisotopic (exact) mass is 396 g/mol. The van der Waals surface area contributed by atoms with Gasteiger partial charge in [-0.25, -0.2) is 0 Å². The third-order valence-electron chi connectivity index (χ3n) is 3.87. The third-order valence-corrected chi connectivity index (χ3v) is 3.87. The normalized spacial score (nSPS) is 17.9. The number of likely N-dealkylation sites (tertiary alicyclic amines) is 1. The molecule has 2 N–H and O–H groups in total. The predicted octanol–water partition coefficient (Wildman–Crippen LogP) is 2.55. The van der Waals surface area contributed by atoms with Crippen molar-refractivity contribution in [2.45, 2.75) is 39.5 Å². The molecule has 0 atom stereocenters. The van der Waals surface area contributed by atoms with Gasteiger partial charge in [-0.3, -0.25) is 4.99 Å². The van der Waals surface area contributed by atoms with Crippen LogP contribution >= 0.6 is 24.0 Å². The van der Waals surface area contributed by atoms with Gasteiger partial charge in [0.15, 0.2) is 5.96 Å². The molecule has 0 bridgehead atoms. The second-order valence-electron chi connectivity index (χ2n) is 6.16. The Hall–Kier alpha value is -0.0400. The van der Waals surface area contributed by atoms with Crippen LogP contribution in [0.5, 0.6) is 0 Å². The first kappa shape index (κ1) is 20.0. The summed E-state index contributed by atoms with van der Waals surface area (Å²) in [6, 6.07) is 0. The number of nitrogens with one attached hydrogen (secondary N) is 2. The topological polar surface area (TPSA) is 39.7 Å². The first-order valence-corrected chi connectivity index (χ1v) is 7.75. The Morgan fingerprint density at radius 2 is 1.90 bits per heavy atom. The van der Waals surface area contributed by atoms with Gasteiger partial charge in [0.2, 0.25) is 0 Å². The van der Waals surface area contributed by atoms with Crippen LogP contribution in [0.4, 0.5) is 0 Å². The summed E-state index contributed by atoms with van der Waals surface area (Å²) in [5.41, 5.74) is 0. The zero-order valence-electron chi connectivity index (χ0n) is 13.6. The van der Waals surface area contributed by atoms with E-state index >= 15 is 0 Å². The van der Waals surface area contributed by atoms with Crippen molar-refractivity contribution in [1.29, 1.82) is 0 Å². The lowest BCUT2D eigenvalue weighted by Gasteiger charge is -2.29. The number of hydrogen-bond acceptors (Lipinski definition) is 2. The minimum atomic E-state index is 0. The molecule has 1 fully saturated rings. The van der Waals surface area contributed by atoms with Crippen LogP contribution < -0.4 is 10.6 Å². The molecule has 4 nitrogen and oxygen atoms in total. The average Bonchev–Trinajstić information content (AvgIpc) is 2.39. The van der Waals surface area contributed by atoms with Crippen LogP contribution in [0.25, 0.3) is 0 Å². The molecule has 1 rings (SSSR count). The molecule has 1 saturated heterocycles. The molecular weight excluding hydrogens is 363 g/mol. The van der Waals surface area contributed by atoms with Crippen LogP contribution in [0.2, 0.25) is 0 Å². The van der Waals surface area contributed by atoms with Crippen LogP contribution in [0, 0.1) is 11.8 Å². The number of hydrogen-bond donors (Lipinski definition) is 2. The highest BCUT2D eigenvalue weighted by Gasteiger charge is 2.16. The third kappa shape index (κ3) is 9.00. The van der Waals surface area contributed by atoms with Gasteiger partial charge in [-0.15, -0.1) is 24.0 Å². The molecule has 0 aromatic heterocycles. The van der Waals surface area contributed by atoms with Gasteiger partial charge in [0, 0.05) is 20.1 Å². The summed E-state index contributed by atoms with van der Waals surface area (Å²) in [5, 5.41) is 6.86. The Labute approximate surface area is 142 Å². The van der Waals surface area contributed by atoms with Crippen molar-refractivity contribution < 1.29 is 0 Å².